The van der Waals surface area contributed by atoms with Gasteiger partial charge >= 0.3 is 0 Å². The van der Waals surface area contributed by atoms with Crippen molar-refractivity contribution in [3.8, 4) is 0 Å². The molecule has 0 bridgehead atoms. The number of aryl methyl sites for hydroxylation is 1. The molecule has 2 rings (SSSR count). The number of likely N-dealkylation sites (N-methyl/N-ethyl adjacent to an activating group) is 1. The number of nitrogens with one attached hydrogen (secondary N) is 2. The van der Waals surface area contributed by atoms with Crippen LogP contribution in [0.25, 0.3) is 0 Å². The van der Waals surface area contributed by atoms with Crippen molar-refractivity contribution in [2.75, 3.05) is 27.2 Å². The third-order valence-corrected chi connectivity index (χ3v) is 3.77. The molecule has 1 heterocycles. The minimum atomic E-state index is -0.332. The fraction of sp³-hybridized carbons (Fsp3) is 0.333. The molecule has 0 radical (unpaired) electrons. The van der Waals surface area contributed by atoms with Crippen molar-refractivity contribution in [1.82, 2.24) is 15.5 Å². The van der Waals surface area contributed by atoms with Crippen LogP contribution in [0, 0.1) is 6.92 Å². The number of furan rings is 1. The highest BCUT2D eigenvalue weighted by atomic mass is 16.3. The molecule has 0 fully saturated rings. The SMILES string of the molecule is Cc1ccc(C(CNC(=O)CNC(=O)c2ccoc2)N(C)C)cc1. The minimum Gasteiger partial charge on any atom is -0.472 e. The molecule has 0 spiro atoms. The maximum Gasteiger partial charge on any atom is 0.254 e. The molecule has 0 aliphatic carbocycles. The zero-order valence-corrected chi connectivity index (χ0v) is 14.2. The van der Waals surface area contributed by atoms with E-state index in [2.05, 4.69) is 39.8 Å². The Morgan fingerprint density at radius 1 is 1.12 bits per heavy atom. The highest BCUT2D eigenvalue weighted by molar-refractivity contribution is 5.96. The second-order valence-corrected chi connectivity index (χ2v) is 5.89. The van der Waals surface area contributed by atoms with E-state index in [1.807, 2.05) is 21.0 Å². The smallest absolute Gasteiger partial charge is 0.254 e. The van der Waals surface area contributed by atoms with Gasteiger partial charge in [0.05, 0.1) is 24.4 Å². The van der Waals surface area contributed by atoms with Crippen LogP contribution in [0.4, 0.5) is 0 Å². The van der Waals surface area contributed by atoms with Crippen molar-refractivity contribution in [3.63, 3.8) is 0 Å². The molecule has 6 heteroatoms. The zero-order chi connectivity index (χ0) is 17.5. The lowest BCUT2D eigenvalue weighted by molar-refractivity contribution is -0.120. The van der Waals surface area contributed by atoms with Crippen molar-refractivity contribution in [2.45, 2.75) is 13.0 Å². The second kappa shape index (κ2) is 8.31. The molecule has 2 aromatic rings. The normalized spacial score (nSPS) is 12.0. The van der Waals surface area contributed by atoms with E-state index in [1.165, 1.54) is 18.1 Å². The first kappa shape index (κ1) is 17.7. The van der Waals surface area contributed by atoms with Crippen LogP contribution >= 0.6 is 0 Å². The van der Waals surface area contributed by atoms with Gasteiger partial charge in [0, 0.05) is 6.54 Å². The Morgan fingerprint density at radius 3 is 2.42 bits per heavy atom. The van der Waals surface area contributed by atoms with E-state index in [-0.39, 0.29) is 24.4 Å². The number of carbonyl (C=O) groups is 2. The molecule has 1 atom stereocenters. The standard InChI is InChI=1S/C18H23N3O3/c1-13-4-6-14(7-5-13)16(21(2)3)10-19-17(22)11-20-18(23)15-8-9-24-12-15/h4-9,12,16H,10-11H2,1-3H3,(H,19,22)(H,20,23). The number of benzene rings is 1. The van der Waals surface area contributed by atoms with E-state index in [1.54, 1.807) is 6.07 Å². The van der Waals surface area contributed by atoms with E-state index in [9.17, 15) is 9.59 Å². The van der Waals surface area contributed by atoms with Crippen LogP contribution in [-0.2, 0) is 4.79 Å². The largest absolute Gasteiger partial charge is 0.472 e. The highest BCUT2D eigenvalue weighted by Crippen LogP contribution is 2.17. The summed E-state index contributed by atoms with van der Waals surface area (Å²) >= 11 is 0. The molecule has 1 aromatic carbocycles. The van der Waals surface area contributed by atoms with Gasteiger partial charge in [0.1, 0.15) is 6.26 Å². The van der Waals surface area contributed by atoms with Gasteiger partial charge in [-0.15, -0.1) is 0 Å². The van der Waals surface area contributed by atoms with Crippen molar-refractivity contribution < 1.29 is 14.0 Å². The van der Waals surface area contributed by atoms with Crippen LogP contribution in [0.3, 0.4) is 0 Å². The molecule has 0 saturated heterocycles. The Kier molecular flexibility index (Phi) is 6.14. The molecular weight excluding hydrogens is 306 g/mol. The van der Waals surface area contributed by atoms with Gasteiger partial charge in [-0.3, -0.25) is 9.59 Å². The van der Waals surface area contributed by atoms with Gasteiger partial charge in [0.2, 0.25) is 5.91 Å². The quantitative estimate of drug-likeness (QED) is 0.811. The lowest BCUT2D eigenvalue weighted by atomic mass is 10.0. The average Bonchev–Trinajstić information content (AvgIpc) is 3.08. The van der Waals surface area contributed by atoms with Gasteiger partial charge in [0.25, 0.3) is 5.91 Å². The van der Waals surface area contributed by atoms with Gasteiger partial charge in [-0.05, 0) is 32.6 Å². The third kappa shape index (κ3) is 4.96. The first-order chi connectivity index (χ1) is 11.5. The third-order valence-electron chi connectivity index (χ3n) is 3.77. The van der Waals surface area contributed by atoms with Crippen LogP contribution in [0.15, 0.2) is 47.3 Å². The van der Waals surface area contributed by atoms with Crippen LogP contribution in [0.1, 0.15) is 27.5 Å². The lowest BCUT2D eigenvalue weighted by Gasteiger charge is -2.25. The Bertz CT molecular complexity index is 663. The number of rotatable bonds is 7. The Morgan fingerprint density at radius 2 is 1.83 bits per heavy atom. The Balaban J connectivity index is 1.84. The summed E-state index contributed by atoms with van der Waals surface area (Å²) in [5, 5.41) is 5.42. The monoisotopic (exact) mass is 329 g/mol. The predicted octanol–water partition coefficient (Wildman–Crippen LogP) is 1.74. The summed E-state index contributed by atoms with van der Waals surface area (Å²) in [5.74, 6) is -0.563. The van der Waals surface area contributed by atoms with Gasteiger partial charge in [-0.25, -0.2) is 0 Å². The van der Waals surface area contributed by atoms with Gasteiger partial charge in [0.15, 0.2) is 0 Å². The molecule has 2 N–H and O–H groups in total. The summed E-state index contributed by atoms with van der Waals surface area (Å²) < 4.78 is 4.84. The van der Waals surface area contributed by atoms with E-state index < -0.39 is 0 Å². The number of amides is 2. The maximum absolute atomic E-state index is 12.0. The molecule has 1 unspecified atom stereocenters. The molecule has 2 amide bonds. The number of hydrogen-bond donors (Lipinski definition) is 2. The topological polar surface area (TPSA) is 74.6 Å². The summed E-state index contributed by atoms with van der Waals surface area (Å²) in [6.07, 6.45) is 2.75. The van der Waals surface area contributed by atoms with Gasteiger partial charge in [-0.2, -0.15) is 0 Å². The van der Waals surface area contributed by atoms with Crippen LogP contribution in [-0.4, -0.2) is 43.9 Å². The minimum absolute atomic E-state index is 0.0686. The van der Waals surface area contributed by atoms with Crippen LogP contribution < -0.4 is 10.6 Å². The first-order valence-corrected chi connectivity index (χ1v) is 7.77. The van der Waals surface area contributed by atoms with E-state index in [0.717, 1.165) is 5.56 Å². The zero-order valence-electron chi connectivity index (χ0n) is 14.2. The molecule has 24 heavy (non-hydrogen) atoms. The fourth-order valence-electron chi connectivity index (χ4n) is 2.32. The number of hydrogen-bond acceptors (Lipinski definition) is 4. The summed E-state index contributed by atoms with van der Waals surface area (Å²) in [5.41, 5.74) is 2.73. The van der Waals surface area contributed by atoms with Crippen LogP contribution in [0.5, 0.6) is 0 Å². The molecule has 6 nitrogen and oxygen atoms in total. The van der Waals surface area contributed by atoms with Crippen molar-refractivity contribution in [3.05, 3.63) is 59.5 Å². The second-order valence-electron chi connectivity index (χ2n) is 5.89. The lowest BCUT2D eigenvalue weighted by Crippen LogP contribution is -2.40. The van der Waals surface area contributed by atoms with Crippen molar-refractivity contribution in [1.29, 1.82) is 0 Å². The highest BCUT2D eigenvalue weighted by Gasteiger charge is 2.15. The van der Waals surface area contributed by atoms with Crippen molar-refractivity contribution >= 4 is 11.8 Å². The van der Waals surface area contributed by atoms with E-state index in [0.29, 0.717) is 12.1 Å². The van der Waals surface area contributed by atoms with Crippen LogP contribution in [0.2, 0.25) is 0 Å². The summed E-state index contributed by atoms with van der Waals surface area (Å²) in [4.78, 5) is 25.8. The predicted molar refractivity (Wildman–Crippen MR) is 91.7 cm³/mol. The van der Waals surface area contributed by atoms with Gasteiger partial charge in [-0.1, -0.05) is 29.8 Å². The molecule has 0 aliphatic rings. The maximum atomic E-state index is 12.0. The summed E-state index contributed by atoms with van der Waals surface area (Å²) in [6.45, 7) is 2.44. The Hall–Kier alpha value is -2.60. The van der Waals surface area contributed by atoms with Crippen molar-refractivity contribution in [2.24, 2.45) is 0 Å². The summed E-state index contributed by atoms with van der Waals surface area (Å²) in [7, 11) is 3.94. The average molecular weight is 329 g/mol. The molecule has 1 aromatic heterocycles. The molecule has 128 valence electrons. The Labute approximate surface area is 141 Å². The fourth-order valence-corrected chi connectivity index (χ4v) is 2.32. The number of nitrogens with zero attached hydrogens (tertiary/aromatic N) is 1. The molecular formula is C18H23N3O3. The van der Waals surface area contributed by atoms with Gasteiger partial charge < -0.3 is 20.0 Å². The number of carbonyl (C=O) groups excluding carboxylic acids is 2. The molecule has 0 saturated carbocycles. The van der Waals surface area contributed by atoms with E-state index >= 15 is 0 Å². The van der Waals surface area contributed by atoms with E-state index in [4.69, 9.17) is 4.42 Å². The first-order valence-electron chi connectivity index (χ1n) is 7.77. The molecule has 0 aliphatic heterocycles. The summed E-state index contributed by atoms with van der Waals surface area (Å²) in [6, 6.07) is 9.85.